The Labute approximate surface area is 244 Å². The molecular weight excluding hydrogens is 534 g/mol. The van der Waals surface area contributed by atoms with Gasteiger partial charge in [0.15, 0.2) is 0 Å². The summed E-state index contributed by atoms with van der Waals surface area (Å²) < 4.78 is 16.4. The van der Waals surface area contributed by atoms with Crippen LogP contribution in [0.5, 0.6) is 5.75 Å². The van der Waals surface area contributed by atoms with E-state index in [0.29, 0.717) is 30.2 Å². The zero-order valence-electron chi connectivity index (χ0n) is 23.2. The van der Waals surface area contributed by atoms with Crippen LogP contribution in [0, 0.1) is 0 Å². The number of hydrogen-bond acceptors (Lipinski definition) is 9. The molecule has 1 aliphatic rings. The Bertz CT molecular complexity index is 1510. The second kappa shape index (κ2) is 14.7. The third-order valence-electron chi connectivity index (χ3n) is 6.61. The average Bonchev–Trinajstić information content (AvgIpc) is 3.03. The standard InChI is InChI=1S/C32H33N5O5/c38-30(13-14-31(39)41-18-4-15-37-16-19-40-20-17-37)35-26-9-12-29-28(21-26)32(34-23-33-29)36-25-7-10-27(11-8-25)42-22-24-5-2-1-3-6-24/h1-3,5-14,21,23H,4,15-20,22H2,(H,35,38)(H,33,34,36)/b14-13+. The Balaban J connectivity index is 1.13. The zero-order chi connectivity index (χ0) is 29.0. The molecule has 0 unspecified atom stereocenters. The van der Waals surface area contributed by atoms with Crippen molar-refractivity contribution < 1.29 is 23.8 Å². The quantitative estimate of drug-likeness (QED) is 0.143. The third-order valence-corrected chi connectivity index (χ3v) is 6.61. The smallest absolute Gasteiger partial charge is 0.330 e. The van der Waals surface area contributed by atoms with Gasteiger partial charge in [0, 0.05) is 48.5 Å². The lowest BCUT2D eigenvalue weighted by molar-refractivity contribution is -0.138. The number of esters is 1. The van der Waals surface area contributed by atoms with E-state index in [1.165, 1.54) is 6.33 Å². The predicted molar refractivity (Wildman–Crippen MR) is 161 cm³/mol. The number of nitrogens with one attached hydrogen (secondary N) is 2. The molecular formula is C32H33N5O5. The molecule has 10 nitrogen and oxygen atoms in total. The van der Waals surface area contributed by atoms with Gasteiger partial charge < -0.3 is 24.8 Å². The molecule has 10 heteroatoms. The fraction of sp³-hybridized carbons (Fsp3) is 0.250. The number of anilines is 3. The molecule has 2 N–H and O–H groups in total. The molecule has 2 heterocycles. The predicted octanol–water partition coefficient (Wildman–Crippen LogP) is 4.71. The highest BCUT2D eigenvalue weighted by Gasteiger charge is 2.10. The highest BCUT2D eigenvalue weighted by atomic mass is 16.5. The van der Waals surface area contributed by atoms with Gasteiger partial charge in [0.05, 0.1) is 25.3 Å². The monoisotopic (exact) mass is 567 g/mol. The van der Waals surface area contributed by atoms with Crippen LogP contribution in [0.1, 0.15) is 12.0 Å². The van der Waals surface area contributed by atoms with Crippen molar-refractivity contribution in [2.24, 2.45) is 0 Å². The SMILES string of the molecule is O=C(/C=C/C(=O)OCCCN1CCOCC1)Nc1ccc2ncnc(Nc3ccc(OCc4ccccc4)cc3)c2c1. The summed E-state index contributed by atoms with van der Waals surface area (Å²) in [6.45, 7) is 4.89. The number of amides is 1. The summed E-state index contributed by atoms with van der Waals surface area (Å²) >= 11 is 0. The lowest BCUT2D eigenvalue weighted by Crippen LogP contribution is -2.37. The Morgan fingerprint density at radius 2 is 1.71 bits per heavy atom. The maximum absolute atomic E-state index is 12.5. The van der Waals surface area contributed by atoms with Crippen LogP contribution in [0.15, 0.2) is 91.3 Å². The number of hydrogen-bond donors (Lipinski definition) is 2. The van der Waals surface area contributed by atoms with E-state index in [-0.39, 0.29) is 0 Å². The summed E-state index contributed by atoms with van der Waals surface area (Å²) in [4.78, 5) is 35.5. The maximum atomic E-state index is 12.5. The Hall–Kier alpha value is -4.80. The molecule has 1 aromatic heterocycles. The van der Waals surface area contributed by atoms with Crippen LogP contribution in [0.4, 0.5) is 17.2 Å². The van der Waals surface area contributed by atoms with Gasteiger partial charge in [-0.25, -0.2) is 14.8 Å². The fourth-order valence-corrected chi connectivity index (χ4v) is 4.41. The molecule has 1 aliphatic heterocycles. The summed E-state index contributed by atoms with van der Waals surface area (Å²) in [5.74, 6) is 0.344. The number of benzene rings is 3. The van der Waals surface area contributed by atoms with Gasteiger partial charge in [-0.3, -0.25) is 9.69 Å². The van der Waals surface area contributed by atoms with E-state index in [4.69, 9.17) is 14.2 Å². The molecule has 0 radical (unpaired) electrons. The first-order chi connectivity index (χ1) is 20.6. The molecule has 3 aromatic carbocycles. The zero-order valence-corrected chi connectivity index (χ0v) is 23.2. The highest BCUT2D eigenvalue weighted by Crippen LogP contribution is 2.27. The molecule has 5 rings (SSSR count). The van der Waals surface area contributed by atoms with E-state index in [1.807, 2.05) is 54.6 Å². The number of nitrogens with zero attached hydrogens (tertiary/aromatic N) is 3. The first-order valence-electron chi connectivity index (χ1n) is 13.9. The van der Waals surface area contributed by atoms with Crippen LogP contribution in [0.2, 0.25) is 0 Å². The average molecular weight is 568 g/mol. The number of ether oxygens (including phenoxy) is 3. The molecule has 42 heavy (non-hydrogen) atoms. The summed E-state index contributed by atoms with van der Waals surface area (Å²) in [7, 11) is 0. The molecule has 0 atom stereocenters. The normalized spacial score (nSPS) is 13.6. The molecule has 1 fully saturated rings. The van der Waals surface area contributed by atoms with Crippen molar-refractivity contribution in [1.29, 1.82) is 0 Å². The summed E-state index contributed by atoms with van der Waals surface area (Å²) in [5, 5.41) is 6.81. The van der Waals surface area contributed by atoms with Gasteiger partial charge in [0.25, 0.3) is 0 Å². The van der Waals surface area contributed by atoms with Crippen molar-refractivity contribution >= 4 is 40.0 Å². The molecule has 0 saturated carbocycles. The number of morpholine rings is 1. The van der Waals surface area contributed by atoms with E-state index in [9.17, 15) is 9.59 Å². The second-order valence-electron chi connectivity index (χ2n) is 9.68. The van der Waals surface area contributed by atoms with Crippen LogP contribution >= 0.6 is 0 Å². The van der Waals surface area contributed by atoms with Crippen molar-refractivity contribution in [3.05, 3.63) is 96.8 Å². The summed E-state index contributed by atoms with van der Waals surface area (Å²) in [5.41, 5.74) is 3.17. The van der Waals surface area contributed by atoms with Crippen LogP contribution in [0.25, 0.3) is 10.9 Å². The fourth-order valence-electron chi connectivity index (χ4n) is 4.41. The number of carbonyl (C=O) groups excluding carboxylic acids is 2. The molecule has 1 amide bonds. The number of aromatic nitrogens is 2. The lowest BCUT2D eigenvalue weighted by atomic mass is 10.2. The van der Waals surface area contributed by atoms with E-state index in [0.717, 1.165) is 73.8 Å². The van der Waals surface area contributed by atoms with Gasteiger partial charge in [0.2, 0.25) is 5.91 Å². The molecule has 0 spiro atoms. The van der Waals surface area contributed by atoms with E-state index < -0.39 is 11.9 Å². The largest absolute Gasteiger partial charge is 0.489 e. The van der Waals surface area contributed by atoms with Crippen molar-refractivity contribution in [2.45, 2.75) is 13.0 Å². The van der Waals surface area contributed by atoms with E-state index >= 15 is 0 Å². The van der Waals surface area contributed by atoms with Gasteiger partial charge in [-0.2, -0.15) is 0 Å². The topological polar surface area (TPSA) is 115 Å². The molecule has 1 saturated heterocycles. The van der Waals surface area contributed by atoms with Crippen LogP contribution < -0.4 is 15.4 Å². The maximum Gasteiger partial charge on any atom is 0.330 e. The minimum absolute atomic E-state index is 0.298. The van der Waals surface area contributed by atoms with Gasteiger partial charge in [-0.05, 0) is 54.4 Å². The Kier molecular flexibility index (Phi) is 10.1. The molecule has 0 bridgehead atoms. The first kappa shape index (κ1) is 28.7. The number of carbonyl (C=O) groups is 2. The minimum atomic E-state index is -0.554. The van der Waals surface area contributed by atoms with Gasteiger partial charge in [0.1, 0.15) is 24.5 Å². The highest BCUT2D eigenvalue weighted by molar-refractivity contribution is 6.04. The van der Waals surface area contributed by atoms with Gasteiger partial charge in [-0.15, -0.1) is 0 Å². The number of rotatable bonds is 12. The van der Waals surface area contributed by atoms with Crippen molar-refractivity contribution in [3.8, 4) is 5.75 Å². The van der Waals surface area contributed by atoms with Crippen molar-refractivity contribution in [3.63, 3.8) is 0 Å². The van der Waals surface area contributed by atoms with Crippen molar-refractivity contribution in [2.75, 3.05) is 50.1 Å². The molecule has 4 aromatic rings. The van der Waals surface area contributed by atoms with Crippen LogP contribution in [-0.4, -0.2) is 66.2 Å². The summed E-state index contributed by atoms with van der Waals surface area (Å²) in [6.07, 6.45) is 4.51. The first-order valence-corrected chi connectivity index (χ1v) is 13.9. The van der Waals surface area contributed by atoms with E-state index in [1.54, 1.807) is 18.2 Å². The lowest BCUT2D eigenvalue weighted by Gasteiger charge is -2.26. The molecule has 0 aliphatic carbocycles. The molecule has 216 valence electrons. The van der Waals surface area contributed by atoms with Crippen LogP contribution in [0.3, 0.4) is 0 Å². The minimum Gasteiger partial charge on any atom is -0.489 e. The second-order valence-corrected chi connectivity index (χ2v) is 9.68. The van der Waals surface area contributed by atoms with E-state index in [2.05, 4.69) is 25.5 Å². The Morgan fingerprint density at radius 3 is 2.52 bits per heavy atom. The van der Waals surface area contributed by atoms with Crippen LogP contribution in [-0.2, 0) is 25.7 Å². The Morgan fingerprint density at radius 1 is 0.929 bits per heavy atom. The van der Waals surface area contributed by atoms with Crippen molar-refractivity contribution in [1.82, 2.24) is 14.9 Å². The third kappa shape index (κ3) is 8.60. The van der Waals surface area contributed by atoms with Gasteiger partial charge in [-0.1, -0.05) is 30.3 Å². The summed E-state index contributed by atoms with van der Waals surface area (Å²) in [6, 6.07) is 22.9. The van der Waals surface area contributed by atoms with Gasteiger partial charge >= 0.3 is 5.97 Å². The number of fused-ring (bicyclic) bond motifs is 1.